The number of hydrogen-bond acceptors (Lipinski definition) is 6. The van der Waals surface area contributed by atoms with Gasteiger partial charge >= 0.3 is 5.88 Å². The van der Waals surface area contributed by atoms with E-state index in [2.05, 4.69) is 15.5 Å². The van der Waals surface area contributed by atoms with E-state index in [4.69, 9.17) is 4.42 Å². The molecule has 2 heterocycles. The molecule has 1 fully saturated rings. The Morgan fingerprint density at radius 3 is 2.66 bits per heavy atom. The lowest BCUT2D eigenvalue weighted by Crippen LogP contribution is -2.50. The van der Waals surface area contributed by atoms with Crippen molar-refractivity contribution in [1.29, 1.82) is 0 Å². The number of fused-ring (bicyclic) bond motifs is 1. The number of rotatable bonds is 9. The zero-order valence-electron chi connectivity index (χ0n) is 19.9. The Hall–Kier alpha value is -3.72. The molecule has 2 N–H and O–H groups in total. The van der Waals surface area contributed by atoms with Gasteiger partial charge in [0.2, 0.25) is 5.91 Å². The van der Waals surface area contributed by atoms with Crippen LogP contribution in [0.25, 0.3) is 10.8 Å². The summed E-state index contributed by atoms with van der Waals surface area (Å²) in [6.45, 7) is 5.92. The molecule has 35 heavy (non-hydrogen) atoms. The van der Waals surface area contributed by atoms with Gasteiger partial charge in [0.1, 0.15) is 17.2 Å². The smallest absolute Gasteiger partial charge is 0.409 e. The van der Waals surface area contributed by atoms with E-state index < -0.39 is 11.0 Å². The summed E-state index contributed by atoms with van der Waals surface area (Å²) in [4.78, 5) is 38.5. The first-order chi connectivity index (χ1) is 16.8. The largest absolute Gasteiger partial charge is 0.433 e. The van der Waals surface area contributed by atoms with E-state index in [0.29, 0.717) is 25.1 Å². The summed E-state index contributed by atoms with van der Waals surface area (Å²) in [6, 6.07) is 14.1. The molecule has 0 saturated carbocycles. The number of amides is 2. The van der Waals surface area contributed by atoms with E-state index in [1.807, 2.05) is 50.2 Å². The fraction of sp³-hybridized carbons (Fsp3) is 0.385. The molecule has 1 aromatic heterocycles. The number of benzene rings is 2. The normalized spacial score (nSPS) is 16.9. The fourth-order valence-electron chi connectivity index (χ4n) is 4.47. The summed E-state index contributed by atoms with van der Waals surface area (Å²) < 4.78 is 4.96. The summed E-state index contributed by atoms with van der Waals surface area (Å²) in [5.74, 6) is -0.521. The molecule has 1 saturated heterocycles. The van der Waals surface area contributed by atoms with E-state index >= 15 is 0 Å². The molecular formula is C26H30N4O5. The third-order valence-corrected chi connectivity index (χ3v) is 6.19. The second-order valence-electron chi connectivity index (χ2n) is 9.50. The van der Waals surface area contributed by atoms with Gasteiger partial charge in [0.15, 0.2) is 0 Å². The highest BCUT2D eigenvalue weighted by molar-refractivity contribution is 6.00. The van der Waals surface area contributed by atoms with E-state index in [1.54, 1.807) is 6.07 Å². The Labute approximate surface area is 203 Å². The second-order valence-corrected chi connectivity index (χ2v) is 9.50. The zero-order valence-corrected chi connectivity index (χ0v) is 19.9. The van der Waals surface area contributed by atoms with Crippen LogP contribution < -0.4 is 10.6 Å². The van der Waals surface area contributed by atoms with E-state index in [-0.39, 0.29) is 29.7 Å². The number of furan rings is 1. The number of hydrogen-bond donors (Lipinski definition) is 2. The van der Waals surface area contributed by atoms with Crippen molar-refractivity contribution in [2.24, 2.45) is 5.92 Å². The number of carbonyl (C=O) groups excluding carboxylic acids is 2. The van der Waals surface area contributed by atoms with Gasteiger partial charge in [-0.2, -0.15) is 0 Å². The first kappa shape index (κ1) is 24.4. The van der Waals surface area contributed by atoms with Crippen LogP contribution in [-0.4, -0.2) is 46.8 Å². The van der Waals surface area contributed by atoms with Gasteiger partial charge in [-0.25, -0.2) is 0 Å². The summed E-state index contributed by atoms with van der Waals surface area (Å²) in [5, 5.41) is 18.8. The van der Waals surface area contributed by atoms with Crippen LogP contribution >= 0.6 is 0 Å². The molecule has 0 spiro atoms. The van der Waals surface area contributed by atoms with Crippen LogP contribution in [0.15, 0.2) is 59.2 Å². The van der Waals surface area contributed by atoms with Crippen LogP contribution in [0.4, 0.5) is 5.88 Å². The number of nitrogens with one attached hydrogen (secondary N) is 2. The number of carbonyl (C=O) groups is 2. The predicted octanol–water partition coefficient (Wildman–Crippen LogP) is 3.88. The molecule has 2 amide bonds. The van der Waals surface area contributed by atoms with Crippen molar-refractivity contribution < 1.29 is 18.9 Å². The summed E-state index contributed by atoms with van der Waals surface area (Å²) in [5.41, 5.74) is 1.25. The van der Waals surface area contributed by atoms with Crippen LogP contribution in [-0.2, 0) is 11.3 Å². The standard InChI is InChI=1S/C26H30N4O5/c1-17(2)11-23(28-25(31)21-8-7-19-5-3-4-6-20(19)13-21)26(32)27-22-9-10-29(15-22)14-18-12-24(30(33)34)35-16-18/h3-8,12-13,16-17,22-23H,9-11,14-15H2,1-2H3,(H,27,32)(H,28,31)/t22-,23-/m0/s1. The molecule has 3 aromatic rings. The average molecular weight is 479 g/mol. The molecule has 4 rings (SSSR count). The maximum Gasteiger partial charge on any atom is 0.433 e. The van der Waals surface area contributed by atoms with Crippen LogP contribution in [0, 0.1) is 16.0 Å². The molecule has 0 bridgehead atoms. The fourth-order valence-corrected chi connectivity index (χ4v) is 4.47. The van der Waals surface area contributed by atoms with Gasteiger partial charge < -0.3 is 15.1 Å². The van der Waals surface area contributed by atoms with Crippen LogP contribution in [0.1, 0.15) is 42.6 Å². The quantitative estimate of drug-likeness (QED) is 0.356. The van der Waals surface area contributed by atoms with E-state index in [9.17, 15) is 19.7 Å². The van der Waals surface area contributed by atoms with Gasteiger partial charge in [0.05, 0.1) is 6.07 Å². The van der Waals surface area contributed by atoms with Gasteiger partial charge in [0, 0.05) is 36.8 Å². The van der Waals surface area contributed by atoms with Gasteiger partial charge in [-0.3, -0.25) is 24.6 Å². The van der Waals surface area contributed by atoms with Crippen molar-refractivity contribution in [2.45, 2.75) is 45.3 Å². The molecule has 1 aliphatic heterocycles. The van der Waals surface area contributed by atoms with Gasteiger partial charge in [-0.05, 0) is 41.7 Å². The van der Waals surface area contributed by atoms with Crippen molar-refractivity contribution in [3.05, 3.63) is 76.0 Å². The van der Waals surface area contributed by atoms with Crippen molar-refractivity contribution >= 4 is 28.5 Å². The molecule has 2 aromatic carbocycles. The maximum absolute atomic E-state index is 13.1. The Bertz CT molecular complexity index is 1220. The molecule has 0 unspecified atom stereocenters. The Morgan fingerprint density at radius 2 is 1.94 bits per heavy atom. The van der Waals surface area contributed by atoms with Gasteiger partial charge in [-0.15, -0.1) is 0 Å². The maximum atomic E-state index is 13.1. The van der Waals surface area contributed by atoms with Crippen molar-refractivity contribution in [3.63, 3.8) is 0 Å². The molecule has 2 atom stereocenters. The monoisotopic (exact) mass is 478 g/mol. The number of nitro groups is 1. The molecule has 0 radical (unpaired) electrons. The van der Waals surface area contributed by atoms with E-state index in [1.165, 1.54) is 12.3 Å². The third kappa shape index (κ3) is 6.24. The minimum Gasteiger partial charge on any atom is -0.409 e. The van der Waals surface area contributed by atoms with Crippen molar-refractivity contribution in [2.75, 3.05) is 13.1 Å². The molecule has 9 heteroatoms. The number of likely N-dealkylation sites (tertiary alicyclic amines) is 1. The number of nitrogens with zero attached hydrogens (tertiary/aromatic N) is 2. The lowest BCUT2D eigenvalue weighted by molar-refractivity contribution is -0.402. The molecule has 1 aliphatic rings. The Balaban J connectivity index is 1.35. The molecule has 9 nitrogen and oxygen atoms in total. The van der Waals surface area contributed by atoms with E-state index in [0.717, 1.165) is 29.3 Å². The third-order valence-electron chi connectivity index (χ3n) is 6.19. The Morgan fingerprint density at radius 1 is 1.17 bits per heavy atom. The predicted molar refractivity (Wildman–Crippen MR) is 132 cm³/mol. The average Bonchev–Trinajstić information content (AvgIpc) is 3.48. The SMILES string of the molecule is CC(C)C[C@H](NC(=O)c1ccc2ccccc2c1)C(=O)N[C@H]1CCN(Cc2coc([N+](=O)[O-])c2)C1. The van der Waals surface area contributed by atoms with Gasteiger partial charge in [-0.1, -0.05) is 44.2 Å². The lowest BCUT2D eigenvalue weighted by atomic mass is 10.0. The minimum atomic E-state index is -0.639. The molecular weight excluding hydrogens is 448 g/mol. The Kier molecular flexibility index (Phi) is 7.45. The zero-order chi connectivity index (χ0) is 24.9. The topological polar surface area (TPSA) is 118 Å². The highest BCUT2D eigenvalue weighted by Crippen LogP contribution is 2.20. The van der Waals surface area contributed by atoms with Crippen LogP contribution in [0.2, 0.25) is 0 Å². The van der Waals surface area contributed by atoms with Crippen LogP contribution in [0.3, 0.4) is 0 Å². The lowest BCUT2D eigenvalue weighted by Gasteiger charge is -2.23. The summed E-state index contributed by atoms with van der Waals surface area (Å²) >= 11 is 0. The molecule has 0 aliphatic carbocycles. The van der Waals surface area contributed by atoms with Crippen molar-refractivity contribution in [3.8, 4) is 0 Å². The highest BCUT2D eigenvalue weighted by Gasteiger charge is 2.29. The first-order valence-corrected chi connectivity index (χ1v) is 11.8. The molecule has 184 valence electrons. The van der Waals surface area contributed by atoms with Crippen LogP contribution in [0.5, 0.6) is 0 Å². The summed E-state index contributed by atoms with van der Waals surface area (Å²) in [7, 11) is 0. The second kappa shape index (κ2) is 10.7. The minimum absolute atomic E-state index is 0.0587. The highest BCUT2D eigenvalue weighted by atomic mass is 16.6. The first-order valence-electron chi connectivity index (χ1n) is 11.8. The van der Waals surface area contributed by atoms with Crippen molar-refractivity contribution in [1.82, 2.24) is 15.5 Å². The summed E-state index contributed by atoms with van der Waals surface area (Å²) in [6.07, 6.45) is 2.68. The van der Waals surface area contributed by atoms with Gasteiger partial charge in [0.25, 0.3) is 5.91 Å².